The Morgan fingerprint density at radius 1 is 1.46 bits per heavy atom. The molecule has 3 aliphatic rings. The lowest BCUT2D eigenvalue weighted by Gasteiger charge is -2.51. The summed E-state index contributed by atoms with van der Waals surface area (Å²) < 4.78 is 5.88. The Bertz CT molecular complexity index is 685. The van der Waals surface area contributed by atoms with Gasteiger partial charge in [0.05, 0.1) is 11.6 Å². The highest BCUT2D eigenvalue weighted by atomic mass is 32.1. The van der Waals surface area contributed by atoms with Gasteiger partial charge in [-0.15, -0.1) is 17.9 Å². The summed E-state index contributed by atoms with van der Waals surface area (Å²) in [6.07, 6.45) is 5.26. The number of esters is 1. The van der Waals surface area contributed by atoms with E-state index >= 15 is 0 Å². The van der Waals surface area contributed by atoms with Crippen LogP contribution in [0.5, 0.6) is 0 Å². The van der Waals surface area contributed by atoms with Crippen LogP contribution in [0.2, 0.25) is 0 Å². The van der Waals surface area contributed by atoms with Crippen LogP contribution in [0, 0.1) is 23.2 Å². The maximum Gasteiger partial charge on any atom is 0.309 e. The number of ether oxygens (including phenoxy) is 1. The van der Waals surface area contributed by atoms with Gasteiger partial charge in [-0.1, -0.05) is 26.8 Å². The Morgan fingerprint density at radius 2 is 2.25 bits per heavy atom. The molecule has 1 aliphatic heterocycles. The zero-order valence-electron chi connectivity index (χ0n) is 14.7. The van der Waals surface area contributed by atoms with Crippen molar-refractivity contribution in [3.05, 3.63) is 23.2 Å². The number of aromatic nitrogens is 1. The van der Waals surface area contributed by atoms with Gasteiger partial charge in [-0.25, -0.2) is 4.98 Å². The Balaban J connectivity index is 1.69. The predicted octanol–water partition coefficient (Wildman–Crippen LogP) is 3.99. The third-order valence-electron chi connectivity index (χ3n) is 6.56. The molecule has 1 saturated carbocycles. The monoisotopic (exact) mass is 346 g/mol. The van der Waals surface area contributed by atoms with Crippen LogP contribution in [-0.4, -0.2) is 23.6 Å². The van der Waals surface area contributed by atoms with E-state index in [1.807, 2.05) is 13.0 Å². The van der Waals surface area contributed by atoms with E-state index in [-0.39, 0.29) is 23.4 Å². The first-order valence-electron chi connectivity index (χ1n) is 8.99. The van der Waals surface area contributed by atoms with Crippen molar-refractivity contribution in [3.63, 3.8) is 0 Å². The van der Waals surface area contributed by atoms with Gasteiger partial charge in [0, 0.05) is 29.2 Å². The maximum atomic E-state index is 12.1. The molecule has 4 nitrogen and oxygen atoms in total. The fourth-order valence-corrected chi connectivity index (χ4v) is 6.58. The van der Waals surface area contributed by atoms with Crippen LogP contribution >= 0.6 is 11.3 Å². The van der Waals surface area contributed by atoms with E-state index in [0.29, 0.717) is 17.8 Å². The summed E-state index contributed by atoms with van der Waals surface area (Å²) in [6, 6.07) is 0. The van der Waals surface area contributed by atoms with Crippen LogP contribution in [0.1, 0.15) is 50.1 Å². The molecule has 0 bridgehead atoms. The molecule has 6 atom stereocenters. The number of fused-ring (bicyclic) bond motifs is 4. The molecule has 1 aromatic heterocycles. The molecule has 0 aromatic carbocycles. The summed E-state index contributed by atoms with van der Waals surface area (Å²) in [5.74, 6) is 1.15. The second-order valence-electron chi connectivity index (χ2n) is 8.03. The summed E-state index contributed by atoms with van der Waals surface area (Å²) in [5.41, 5.74) is 1.42. The largest absolute Gasteiger partial charge is 0.461 e. The molecule has 1 N–H and O–H groups in total. The quantitative estimate of drug-likeness (QED) is 0.664. The highest BCUT2D eigenvalue weighted by Crippen LogP contribution is 2.59. The number of rotatable bonds is 3. The number of anilines is 1. The summed E-state index contributed by atoms with van der Waals surface area (Å²) >= 11 is 1.78. The molecule has 4 rings (SSSR count). The molecule has 24 heavy (non-hydrogen) atoms. The van der Waals surface area contributed by atoms with Gasteiger partial charge >= 0.3 is 5.97 Å². The first-order chi connectivity index (χ1) is 11.4. The maximum absolute atomic E-state index is 12.1. The van der Waals surface area contributed by atoms with Gasteiger partial charge in [0.25, 0.3) is 0 Å². The van der Waals surface area contributed by atoms with Crippen molar-refractivity contribution in [2.45, 2.75) is 52.1 Å². The van der Waals surface area contributed by atoms with E-state index in [9.17, 15) is 4.79 Å². The Hall–Kier alpha value is -1.36. The SMILES string of the molecule is C=CCNc1nc2c(s1)C[C@]1(C)CC[C@@H]3[C@H](OC(=O)[C@H]3C)[C@H]1[C@@H]2C. The first-order valence-corrected chi connectivity index (χ1v) is 9.81. The molecule has 2 fully saturated rings. The normalized spacial score (nSPS) is 40.3. The lowest BCUT2D eigenvalue weighted by Crippen LogP contribution is -2.50. The van der Waals surface area contributed by atoms with Gasteiger partial charge in [-0.05, 0) is 24.7 Å². The van der Waals surface area contributed by atoms with Crippen LogP contribution in [0.4, 0.5) is 5.13 Å². The molecule has 0 unspecified atom stereocenters. The topological polar surface area (TPSA) is 51.2 Å². The van der Waals surface area contributed by atoms with Crippen molar-refractivity contribution in [1.29, 1.82) is 0 Å². The number of carbonyl (C=O) groups is 1. The first kappa shape index (κ1) is 16.1. The summed E-state index contributed by atoms with van der Waals surface area (Å²) in [5, 5.41) is 4.32. The molecule has 0 spiro atoms. The van der Waals surface area contributed by atoms with Crippen molar-refractivity contribution < 1.29 is 9.53 Å². The van der Waals surface area contributed by atoms with Crippen LogP contribution < -0.4 is 5.32 Å². The number of hydrogen-bond acceptors (Lipinski definition) is 5. The molecular weight excluding hydrogens is 320 g/mol. The number of hydrogen-bond donors (Lipinski definition) is 1. The Labute approximate surface area is 147 Å². The molecule has 2 heterocycles. The Kier molecular flexibility index (Phi) is 3.75. The number of carbonyl (C=O) groups excluding carboxylic acids is 1. The van der Waals surface area contributed by atoms with E-state index in [1.54, 1.807) is 11.3 Å². The second-order valence-corrected chi connectivity index (χ2v) is 9.12. The molecule has 0 radical (unpaired) electrons. The van der Waals surface area contributed by atoms with Gasteiger partial charge in [0.15, 0.2) is 5.13 Å². The van der Waals surface area contributed by atoms with Gasteiger partial charge in [-0.3, -0.25) is 4.79 Å². The van der Waals surface area contributed by atoms with Crippen molar-refractivity contribution in [2.24, 2.45) is 23.2 Å². The molecule has 0 amide bonds. The third-order valence-corrected chi connectivity index (χ3v) is 7.58. The highest BCUT2D eigenvalue weighted by molar-refractivity contribution is 7.15. The zero-order chi connectivity index (χ0) is 17.1. The molecule has 130 valence electrons. The van der Waals surface area contributed by atoms with E-state index in [2.05, 4.69) is 25.7 Å². The van der Waals surface area contributed by atoms with Gasteiger partial charge in [0.1, 0.15) is 6.10 Å². The minimum Gasteiger partial charge on any atom is -0.461 e. The average molecular weight is 346 g/mol. The third kappa shape index (κ3) is 2.24. The fraction of sp³-hybridized carbons (Fsp3) is 0.684. The van der Waals surface area contributed by atoms with Crippen molar-refractivity contribution in [1.82, 2.24) is 4.98 Å². The van der Waals surface area contributed by atoms with Crippen LogP contribution in [0.15, 0.2) is 12.7 Å². The molecule has 1 aromatic rings. The van der Waals surface area contributed by atoms with Crippen molar-refractivity contribution in [2.75, 3.05) is 11.9 Å². The minimum absolute atomic E-state index is 0.00105. The smallest absolute Gasteiger partial charge is 0.309 e. The highest BCUT2D eigenvalue weighted by Gasteiger charge is 2.58. The van der Waals surface area contributed by atoms with E-state index < -0.39 is 0 Å². The fourth-order valence-electron chi connectivity index (χ4n) is 5.31. The van der Waals surface area contributed by atoms with Crippen LogP contribution in [-0.2, 0) is 16.0 Å². The molecule has 2 aliphatic carbocycles. The summed E-state index contributed by atoms with van der Waals surface area (Å²) in [7, 11) is 0. The predicted molar refractivity (Wildman–Crippen MR) is 96.3 cm³/mol. The standard InChI is InChI=1S/C19H26N2O2S/c1-5-8-20-18-21-15-11(3)14-16-12(10(2)17(22)23-16)6-7-19(14,4)9-13(15)24-18/h5,10-12,14,16H,1,6-9H2,2-4H3,(H,20,21)/t10-,11-,12-,14+,16-,19-/m0/s1. The van der Waals surface area contributed by atoms with E-state index in [1.165, 1.54) is 17.0 Å². The van der Waals surface area contributed by atoms with Gasteiger partial charge in [0.2, 0.25) is 0 Å². The zero-order valence-corrected chi connectivity index (χ0v) is 15.5. The number of nitrogens with one attached hydrogen (secondary N) is 1. The summed E-state index contributed by atoms with van der Waals surface area (Å²) in [6.45, 7) is 11.2. The van der Waals surface area contributed by atoms with E-state index in [0.717, 1.165) is 24.5 Å². The minimum atomic E-state index is -0.00105. The second kappa shape index (κ2) is 5.58. The summed E-state index contributed by atoms with van der Waals surface area (Å²) in [4.78, 5) is 18.4. The Morgan fingerprint density at radius 3 is 3.00 bits per heavy atom. The van der Waals surface area contributed by atoms with Gasteiger partial charge < -0.3 is 10.1 Å². The van der Waals surface area contributed by atoms with Gasteiger partial charge in [-0.2, -0.15) is 0 Å². The van der Waals surface area contributed by atoms with Crippen molar-refractivity contribution in [3.8, 4) is 0 Å². The van der Waals surface area contributed by atoms with Crippen LogP contribution in [0.25, 0.3) is 0 Å². The lowest BCUT2D eigenvalue weighted by atomic mass is 9.54. The number of thiazole rings is 1. The average Bonchev–Trinajstić information content (AvgIpc) is 3.06. The molecule has 1 saturated heterocycles. The van der Waals surface area contributed by atoms with Crippen molar-refractivity contribution >= 4 is 22.4 Å². The van der Waals surface area contributed by atoms with E-state index in [4.69, 9.17) is 9.72 Å². The molecular formula is C19H26N2O2S. The lowest BCUT2D eigenvalue weighted by molar-refractivity contribution is -0.149. The van der Waals surface area contributed by atoms with Crippen LogP contribution in [0.3, 0.4) is 0 Å². The molecule has 5 heteroatoms. The number of nitrogens with zero attached hydrogens (tertiary/aromatic N) is 1.